The van der Waals surface area contributed by atoms with Gasteiger partial charge in [0.15, 0.2) is 0 Å². The molecule has 0 heterocycles. The lowest BCUT2D eigenvalue weighted by Crippen LogP contribution is -1.87. The number of hydrogen-bond acceptors (Lipinski definition) is 3. The molecule has 0 amide bonds. The van der Waals surface area contributed by atoms with Gasteiger partial charge in [0.25, 0.3) is 5.99 Å². The van der Waals surface area contributed by atoms with E-state index in [0.29, 0.717) is 0 Å². The smallest absolute Gasteiger partial charge is 0.321 e. The summed E-state index contributed by atoms with van der Waals surface area (Å²) in [5.74, 6) is -3.24. The zero-order valence-corrected chi connectivity index (χ0v) is 10.8. The van der Waals surface area contributed by atoms with Crippen molar-refractivity contribution in [3.8, 4) is 0 Å². The van der Waals surface area contributed by atoms with Crippen molar-refractivity contribution in [2.75, 3.05) is 6.61 Å². The van der Waals surface area contributed by atoms with Gasteiger partial charge in [0, 0.05) is 10.7 Å². The van der Waals surface area contributed by atoms with Crippen LogP contribution in [0.5, 0.6) is 0 Å². The van der Waals surface area contributed by atoms with Crippen molar-refractivity contribution < 1.29 is 12.9 Å². The van der Waals surface area contributed by atoms with Gasteiger partial charge >= 0.3 is 9.24 Å². The van der Waals surface area contributed by atoms with Crippen LogP contribution >= 0.6 is 39.2 Å². The fourth-order valence-electron chi connectivity index (χ4n) is 0.456. The standard InChI is InChI=1S/C4H9Cl3NO3PS/c1-2-3-4-11-12(5,6)8-13(7,9)10/h2-4H2,1H3. The molecule has 80 valence electrons. The third-order valence-electron chi connectivity index (χ3n) is 0.937. The SMILES string of the molecule is CCCCOP(Cl)(Cl)=NS(=O)(=O)Cl. The van der Waals surface area contributed by atoms with Gasteiger partial charge in [0.05, 0.1) is 6.61 Å². The molecule has 0 N–H and O–H groups in total. The van der Waals surface area contributed by atoms with Gasteiger partial charge < -0.3 is 4.52 Å². The zero-order chi connectivity index (χ0) is 10.5. The summed E-state index contributed by atoms with van der Waals surface area (Å²) >= 11 is 11.0. The van der Waals surface area contributed by atoms with E-state index in [4.69, 9.17) is 37.7 Å². The Kier molecular flexibility index (Phi) is 6.23. The van der Waals surface area contributed by atoms with Crippen LogP contribution in [0.4, 0.5) is 0 Å². The number of unbranched alkanes of at least 4 members (excludes halogenated alkanes) is 1. The Labute approximate surface area is 91.8 Å². The summed E-state index contributed by atoms with van der Waals surface area (Å²) < 4.78 is 28.7. The number of halogens is 3. The highest BCUT2D eigenvalue weighted by Crippen LogP contribution is 2.62. The molecule has 0 unspecified atom stereocenters. The Morgan fingerprint density at radius 2 is 2.00 bits per heavy atom. The Morgan fingerprint density at radius 3 is 2.38 bits per heavy atom. The molecule has 0 aliphatic carbocycles. The van der Waals surface area contributed by atoms with Gasteiger partial charge in [-0.15, -0.1) is 4.15 Å². The van der Waals surface area contributed by atoms with E-state index in [1.165, 1.54) is 0 Å². The highest BCUT2D eigenvalue weighted by Gasteiger charge is 2.17. The predicted octanol–water partition coefficient (Wildman–Crippen LogP) is 3.71. The third kappa shape index (κ3) is 9.32. The summed E-state index contributed by atoms with van der Waals surface area (Å²) in [5, 5.41) is 0. The lowest BCUT2D eigenvalue weighted by Gasteiger charge is -2.07. The molecular weight excluding hydrogens is 279 g/mol. The second-order valence-corrected chi connectivity index (χ2v) is 9.16. The fourth-order valence-corrected chi connectivity index (χ4v) is 5.13. The van der Waals surface area contributed by atoms with Crippen molar-refractivity contribution >= 4 is 48.4 Å². The van der Waals surface area contributed by atoms with E-state index in [0.717, 1.165) is 12.8 Å². The average molecular weight is 289 g/mol. The highest BCUT2D eigenvalue weighted by atomic mass is 35.9. The van der Waals surface area contributed by atoms with Crippen molar-refractivity contribution in [1.29, 1.82) is 0 Å². The fraction of sp³-hybridized carbons (Fsp3) is 1.00. The Hall–Kier alpha value is 1.01. The minimum Gasteiger partial charge on any atom is -0.321 e. The Bertz CT molecular complexity index is 298. The van der Waals surface area contributed by atoms with Crippen LogP contribution < -0.4 is 0 Å². The molecule has 0 aliphatic rings. The summed E-state index contributed by atoms with van der Waals surface area (Å²) in [6, 6.07) is 0. The molecule has 0 radical (unpaired) electrons. The number of rotatable bonds is 5. The van der Waals surface area contributed by atoms with Gasteiger partial charge in [-0.25, -0.2) is 0 Å². The topological polar surface area (TPSA) is 55.7 Å². The van der Waals surface area contributed by atoms with E-state index in [1.54, 1.807) is 0 Å². The molecule has 9 heteroatoms. The van der Waals surface area contributed by atoms with Crippen molar-refractivity contribution in [3.05, 3.63) is 0 Å². The second-order valence-electron chi connectivity index (χ2n) is 2.12. The summed E-state index contributed by atoms with van der Waals surface area (Å²) in [6.45, 7) is 2.22. The maximum Gasteiger partial charge on any atom is 0.342 e. The molecule has 0 aliphatic heterocycles. The van der Waals surface area contributed by atoms with Gasteiger partial charge in [0.1, 0.15) is 0 Å². The largest absolute Gasteiger partial charge is 0.342 e. The van der Waals surface area contributed by atoms with Gasteiger partial charge in [-0.1, -0.05) is 13.3 Å². The van der Waals surface area contributed by atoms with Crippen LogP contribution in [0.15, 0.2) is 4.15 Å². The lowest BCUT2D eigenvalue weighted by molar-refractivity contribution is 0.350. The molecule has 13 heavy (non-hydrogen) atoms. The first-order valence-electron chi connectivity index (χ1n) is 3.39. The molecule has 0 spiro atoms. The summed E-state index contributed by atoms with van der Waals surface area (Å²) in [5.41, 5.74) is 0. The molecule has 0 saturated heterocycles. The van der Waals surface area contributed by atoms with Crippen LogP contribution in [0.25, 0.3) is 0 Å². The summed E-state index contributed by atoms with van der Waals surface area (Å²) in [6.07, 6.45) is 1.63. The maximum atomic E-state index is 10.5. The van der Waals surface area contributed by atoms with Gasteiger partial charge in [-0.05, 0) is 28.9 Å². The van der Waals surface area contributed by atoms with E-state index in [-0.39, 0.29) is 6.61 Å². The van der Waals surface area contributed by atoms with Crippen molar-refractivity contribution in [3.63, 3.8) is 0 Å². The van der Waals surface area contributed by atoms with Gasteiger partial charge in [-0.3, -0.25) is 0 Å². The highest BCUT2D eigenvalue weighted by molar-refractivity contribution is 8.19. The molecule has 0 rings (SSSR count). The zero-order valence-electron chi connectivity index (χ0n) is 6.78. The van der Waals surface area contributed by atoms with E-state index >= 15 is 0 Å². The first-order valence-corrected chi connectivity index (χ1v) is 9.12. The average Bonchev–Trinajstić information content (AvgIpc) is 1.81. The van der Waals surface area contributed by atoms with Crippen molar-refractivity contribution in [1.82, 2.24) is 0 Å². The van der Waals surface area contributed by atoms with Gasteiger partial charge in [-0.2, -0.15) is 8.42 Å². The third-order valence-corrected chi connectivity index (χ3v) is 5.22. The summed E-state index contributed by atoms with van der Waals surface area (Å²) in [7, 11) is 0.754. The van der Waals surface area contributed by atoms with Crippen molar-refractivity contribution in [2.45, 2.75) is 19.8 Å². The monoisotopic (exact) mass is 287 g/mol. The number of nitrogens with zero attached hydrogens (tertiary/aromatic N) is 1. The maximum absolute atomic E-state index is 10.5. The van der Waals surface area contributed by atoms with Crippen LogP contribution in [0.2, 0.25) is 0 Å². The predicted molar refractivity (Wildman–Crippen MR) is 56.7 cm³/mol. The van der Waals surface area contributed by atoms with E-state index in [2.05, 4.69) is 4.15 Å². The second kappa shape index (κ2) is 5.79. The molecule has 0 saturated carbocycles. The quantitative estimate of drug-likeness (QED) is 0.440. The van der Waals surface area contributed by atoms with E-state index < -0.39 is 15.2 Å². The van der Waals surface area contributed by atoms with E-state index in [1.807, 2.05) is 6.92 Å². The molecule has 0 aromatic rings. The van der Waals surface area contributed by atoms with Crippen molar-refractivity contribution in [2.24, 2.45) is 4.15 Å². The summed E-state index contributed by atoms with van der Waals surface area (Å²) in [4.78, 5) is 0. The lowest BCUT2D eigenvalue weighted by atomic mass is 10.4. The molecule has 0 bridgehead atoms. The first kappa shape index (κ1) is 14.0. The molecular formula is C4H9Cl3NO3PS. The molecule has 0 fully saturated rings. The normalized spacial score (nSPS) is 12.9. The van der Waals surface area contributed by atoms with E-state index in [9.17, 15) is 8.42 Å². The Balaban J connectivity index is 4.32. The van der Waals surface area contributed by atoms with Gasteiger partial charge in [0.2, 0.25) is 0 Å². The van der Waals surface area contributed by atoms with Crippen LogP contribution in [0.3, 0.4) is 0 Å². The first-order chi connectivity index (χ1) is 5.77. The molecule has 0 atom stereocenters. The van der Waals surface area contributed by atoms with Crippen LogP contribution in [-0.4, -0.2) is 15.0 Å². The van der Waals surface area contributed by atoms with Crippen LogP contribution in [-0.2, 0) is 13.8 Å². The minimum atomic E-state index is -4.06. The molecule has 4 nitrogen and oxygen atoms in total. The minimum absolute atomic E-state index is 0.271. The Morgan fingerprint density at radius 1 is 1.46 bits per heavy atom. The van der Waals surface area contributed by atoms with Crippen LogP contribution in [0.1, 0.15) is 19.8 Å². The number of hydrogen-bond donors (Lipinski definition) is 0. The molecule has 0 aromatic carbocycles. The van der Waals surface area contributed by atoms with Crippen LogP contribution in [0, 0.1) is 0 Å². The molecule has 0 aromatic heterocycles.